The molecular formula is C21H21IN2O. The van der Waals surface area contributed by atoms with Crippen molar-refractivity contribution in [3.63, 3.8) is 0 Å². The molecule has 128 valence electrons. The van der Waals surface area contributed by atoms with Gasteiger partial charge in [0.05, 0.1) is 12.3 Å². The van der Waals surface area contributed by atoms with Gasteiger partial charge in [-0.2, -0.15) is 0 Å². The molecule has 0 amide bonds. The van der Waals surface area contributed by atoms with Crippen molar-refractivity contribution in [2.75, 3.05) is 6.61 Å². The average molecular weight is 444 g/mol. The fourth-order valence-electron chi connectivity index (χ4n) is 2.87. The molecule has 1 aromatic heterocycles. The number of hydrogen-bond donors (Lipinski definition) is 0. The van der Waals surface area contributed by atoms with Crippen molar-refractivity contribution in [1.29, 1.82) is 0 Å². The number of hydrogen-bond acceptors (Lipinski definition) is 2. The largest absolute Gasteiger partial charge is 0.494 e. The second-order valence-corrected chi connectivity index (χ2v) is 7.07. The first-order valence-electron chi connectivity index (χ1n) is 8.30. The van der Waals surface area contributed by atoms with Crippen LogP contribution in [0, 0.1) is 17.4 Å². The maximum Gasteiger partial charge on any atom is 0.121 e. The number of aliphatic imine (C=N–C) groups is 1. The summed E-state index contributed by atoms with van der Waals surface area (Å²) in [6, 6.07) is 18.6. The summed E-state index contributed by atoms with van der Waals surface area (Å²) in [6.07, 6.45) is 1.93. The second kappa shape index (κ2) is 7.87. The van der Waals surface area contributed by atoms with Crippen LogP contribution in [0.1, 0.15) is 23.9 Å². The van der Waals surface area contributed by atoms with Gasteiger partial charge in [0.2, 0.25) is 0 Å². The Balaban J connectivity index is 1.90. The number of aromatic nitrogens is 1. The molecule has 0 saturated heterocycles. The number of halogens is 1. The summed E-state index contributed by atoms with van der Waals surface area (Å²) < 4.78 is 9.03. The van der Waals surface area contributed by atoms with E-state index in [9.17, 15) is 0 Å². The summed E-state index contributed by atoms with van der Waals surface area (Å²) in [5.41, 5.74) is 5.57. The molecule has 0 spiro atoms. The quantitative estimate of drug-likeness (QED) is 0.358. The highest BCUT2D eigenvalue weighted by atomic mass is 127. The third-order valence-corrected chi connectivity index (χ3v) is 4.76. The van der Waals surface area contributed by atoms with E-state index in [-0.39, 0.29) is 0 Å². The van der Waals surface area contributed by atoms with E-state index in [2.05, 4.69) is 76.3 Å². The van der Waals surface area contributed by atoms with Gasteiger partial charge in [0.1, 0.15) is 5.75 Å². The van der Waals surface area contributed by atoms with Gasteiger partial charge in [0.15, 0.2) is 0 Å². The minimum atomic E-state index is 0.657. The molecule has 0 N–H and O–H groups in total. The lowest BCUT2D eigenvalue weighted by Gasteiger charge is -2.09. The Hall–Kier alpha value is -2.08. The number of rotatable bonds is 5. The molecule has 0 aliphatic rings. The highest BCUT2D eigenvalue weighted by molar-refractivity contribution is 14.1. The SMILES string of the molecule is CCOc1cccc(N=Cc2cc(C)n(-c3ccc(I)cc3)c2C)c1. The number of aryl methyl sites for hydroxylation is 1. The van der Waals surface area contributed by atoms with Crippen LogP contribution in [0.25, 0.3) is 5.69 Å². The number of ether oxygens (including phenoxy) is 1. The summed E-state index contributed by atoms with van der Waals surface area (Å²) in [6.45, 7) is 6.89. The topological polar surface area (TPSA) is 26.5 Å². The van der Waals surface area contributed by atoms with Gasteiger partial charge in [-0.1, -0.05) is 6.07 Å². The van der Waals surface area contributed by atoms with Gasteiger partial charge < -0.3 is 9.30 Å². The first-order chi connectivity index (χ1) is 12.1. The first-order valence-corrected chi connectivity index (χ1v) is 9.38. The van der Waals surface area contributed by atoms with Crippen molar-refractivity contribution in [2.45, 2.75) is 20.8 Å². The standard InChI is InChI=1S/C21H21IN2O/c1-4-25-21-7-5-6-19(13-21)23-14-17-12-15(2)24(16(17)3)20-10-8-18(22)9-11-20/h5-14H,4H2,1-3H3. The predicted molar refractivity (Wildman–Crippen MR) is 113 cm³/mol. The zero-order chi connectivity index (χ0) is 17.8. The fourth-order valence-corrected chi connectivity index (χ4v) is 3.23. The summed E-state index contributed by atoms with van der Waals surface area (Å²) in [7, 11) is 0. The van der Waals surface area contributed by atoms with Gasteiger partial charge in [-0.15, -0.1) is 0 Å². The Morgan fingerprint density at radius 3 is 2.56 bits per heavy atom. The molecule has 3 nitrogen and oxygen atoms in total. The van der Waals surface area contributed by atoms with Crippen LogP contribution in [-0.2, 0) is 0 Å². The van der Waals surface area contributed by atoms with Crippen LogP contribution in [0.2, 0.25) is 0 Å². The van der Waals surface area contributed by atoms with Crippen molar-refractivity contribution < 1.29 is 4.74 Å². The molecule has 25 heavy (non-hydrogen) atoms. The van der Waals surface area contributed by atoms with Crippen LogP contribution < -0.4 is 4.74 Å². The summed E-state index contributed by atoms with van der Waals surface area (Å²) in [5, 5.41) is 0. The molecule has 4 heteroatoms. The van der Waals surface area contributed by atoms with Crippen LogP contribution in [0.4, 0.5) is 5.69 Å². The lowest BCUT2D eigenvalue weighted by Crippen LogP contribution is -1.99. The lowest BCUT2D eigenvalue weighted by molar-refractivity contribution is 0.340. The molecule has 0 aliphatic heterocycles. The Morgan fingerprint density at radius 2 is 1.84 bits per heavy atom. The van der Waals surface area contributed by atoms with E-state index in [1.807, 2.05) is 37.4 Å². The van der Waals surface area contributed by atoms with Crippen LogP contribution in [0.15, 0.2) is 59.6 Å². The van der Waals surface area contributed by atoms with Gasteiger partial charge in [0.25, 0.3) is 0 Å². The maximum atomic E-state index is 5.53. The first kappa shape index (κ1) is 17.7. The molecule has 1 heterocycles. The van der Waals surface area contributed by atoms with Crippen molar-refractivity contribution in [3.8, 4) is 11.4 Å². The van der Waals surface area contributed by atoms with Crippen molar-refractivity contribution in [1.82, 2.24) is 4.57 Å². The van der Waals surface area contributed by atoms with Gasteiger partial charge in [0, 0.05) is 38.5 Å². The van der Waals surface area contributed by atoms with Crippen molar-refractivity contribution in [2.24, 2.45) is 4.99 Å². The van der Waals surface area contributed by atoms with E-state index in [1.165, 1.54) is 20.6 Å². The fraction of sp³-hybridized carbons (Fsp3) is 0.190. The van der Waals surface area contributed by atoms with Gasteiger partial charge in [-0.3, -0.25) is 4.99 Å². The Bertz CT molecular complexity index is 895. The average Bonchev–Trinajstić information content (AvgIpc) is 2.89. The molecule has 3 rings (SSSR count). The molecule has 0 atom stereocenters. The minimum Gasteiger partial charge on any atom is -0.494 e. The summed E-state index contributed by atoms with van der Waals surface area (Å²) in [5.74, 6) is 0.849. The smallest absolute Gasteiger partial charge is 0.121 e. The van der Waals surface area contributed by atoms with E-state index >= 15 is 0 Å². The molecule has 2 aromatic carbocycles. The van der Waals surface area contributed by atoms with Crippen LogP contribution >= 0.6 is 22.6 Å². The van der Waals surface area contributed by atoms with Crippen LogP contribution in [-0.4, -0.2) is 17.4 Å². The van der Waals surface area contributed by atoms with Gasteiger partial charge >= 0.3 is 0 Å². The normalized spacial score (nSPS) is 11.2. The Labute approximate surface area is 162 Å². The predicted octanol–water partition coefficient (Wildman–Crippen LogP) is 5.85. The molecule has 0 fully saturated rings. The number of benzene rings is 2. The van der Waals surface area contributed by atoms with E-state index in [1.54, 1.807) is 0 Å². The van der Waals surface area contributed by atoms with E-state index in [0.29, 0.717) is 6.61 Å². The molecule has 0 radical (unpaired) electrons. The third kappa shape index (κ3) is 4.12. The highest BCUT2D eigenvalue weighted by Gasteiger charge is 2.09. The monoisotopic (exact) mass is 444 g/mol. The van der Waals surface area contributed by atoms with Crippen LogP contribution in [0.5, 0.6) is 5.75 Å². The van der Waals surface area contributed by atoms with Crippen LogP contribution in [0.3, 0.4) is 0 Å². The molecule has 0 aliphatic carbocycles. The highest BCUT2D eigenvalue weighted by Crippen LogP contribution is 2.23. The van der Waals surface area contributed by atoms with Crippen molar-refractivity contribution in [3.05, 3.63) is 75.1 Å². The van der Waals surface area contributed by atoms with E-state index in [4.69, 9.17) is 4.74 Å². The van der Waals surface area contributed by atoms with Gasteiger partial charge in [-0.05, 0) is 85.8 Å². The zero-order valence-electron chi connectivity index (χ0n) is 14.7. The number of nitrogens with zero attached hydrogens (tertiary/aromatic N) is 2. The van der Waals surface area contributed by atoms with E-state index < -0.39 is 0 Å². The van der Waals surface area contributed by atoms with E-state index in [0.717, 1.165) is 17.0 Å². The van der Waals surface area contributed by atoms with Gasteiger partial charge in [-0.25, -0.2) is 0 Å². The summed E-state index contributed by atoms with van der Waals surface area (Å²) in [4.78, 5) is 4.62. The Kier molecular flexibility index (Phi) is 5.58. The molecule has 3 aromatic rings. The summed E-state index contributed by atoms with van der Waals surface area (Å²) >= 11 is 2.33. The third-order valence-electron chi connectivity index (χ3n) is 4.04. The molecule has 0 bridgehead atoms. The second-order valence-electron chi connectivity index (χ2n) is 5.83. The molecule has 0 unspecified atom stereocenters. The lowest BCUT2D eigenvalue weighted by atomic mass is 10.2. The molecule has 0 saturated carbocycles. The van der Waals surface area contributed by atoms with Crippen molar-refractivity contribution >= 4 is 34.5 Å². The minimum absolute atomic E-state index is 0.657. The zero-order valence-corrected chi connectivity index (χ0v) is 16.8. The maximum absolute atomic E-state index is 5.53. The Morgan fingerprint density at radius 1 is 1.08 bits per heavy atom. The molecular weight excluding hydrogens is 423 g/mol.